The largest absolute Gasteiger partial charge is 0.316 e. The monoisotopic (exact) mass is 263 g/mol. The van der Waals surface area contributed by atoms with E-state index in [4.69, 9.17) is 0 Å². The molecule has 1 N–H and O–H groups in total. The summed E-state index contributed by atoms with van der Waals surface area (Å²) in [5.41, 5.74) is 0. The third kappa shape index (κ3) is 4.54. The van der Waals surface area contributed by atoms with Crippen molar-refractivity contribution in [2.75, 3.05) is 46.0 Å². The van der Waals surface area contributed by atoms with E-state index in [1.54, 1.807) is 11.4 Å². The van der Waals surface area contributed by atoms with Gasteiger partial charge in [-0.1, -0.05) is 6.92 Å². The SMILES string of the molecule is CCNCCS(=O)(=O)N(C)C1CCN(C)CC1. The van der Waals surface area contributed by atoms with Crippen molar-refractivity contribution in [3.8, 4) is 0 Å². The summed E-state index contributed by atoms with van der Waals surface area (Å²) in [5, 5.41) is 3.06. The van der Waals surface area contributed by atoms with Crippen LogP contribution in [0.25, 0.3) is 0 Å². The van der Waals surface area contributed by atoms with Crippen molar-refractivity contribution in [1.29, 1.82) is 0 Å². The van der Waals surface area contributed by atoms with E-state index < -0.39 is 10.0 Å². The number of nitrogens with one attached hydrogen (secondary N) is 1. The maximum absolute atomic E-state index is 12.1. The molecule has 1 saturated heterocycles. The Morgan fingerprint density at radius 1 is 1.35 bits per heavy atom. The van der Waals surface area contributed by atoms with Crippen LogP contribution in [0.3, 0.4) is 0 Å². The lowest BCUT2D eigenvalue weighted by atomic mass is 10.1. The summed E-state index contributed by atoms with van der Waals surface area (Å²) >= 11 is 0. The fourth-order valence-electron chi connectivity index (χ4n) is 2.11. The molecular formula is C11H25N3O2S. The molecule has 1 fully saturated rings. The van der Waals surface area contributed by atoms with Crippen molar-refractivity contribution in [3.05, 3.63) is 0 Å². The molecule has 0 bridgehead atoms. The van der Waals surface area contributed by atoms with Gasteiger partial charge in [-0.25, -0.2) is 12.7 Å². The summed E-state index contributed by atoms with van der Waals surface area (Å²) in [6.45, 7) is 5.30. The van der Waals surface area contributed by atoms with E-state index in [-0.39, 0.29) is 11.8 Å². The number of likely N-dealkylation sites (tertiary alicyclic amines) is 1. The van der Waals surface area contributed by atoms with Gasteiger partial charge in [0, 0.05) is 19.6 Å². The fraction of sp³-hybridized carbons (Fsp3) is 1.00. The predicted octanol–water partition coefficient (Wildman–Crippen LogP) is -0.0483. The first-order valence-electron chi connectivity index (χ1n) is 6.32. The summed E-state index contributed by atoms with van der Waals surface area (Å²) in [4.78, 5) is 2.25. The summed E-state index contributed by atoms with van der Waals surface area (Å²) < 4.78 is 25.7. The molecule has 0 unspecified atom stereocenters. The number of hydrogen-bond acceptors (Lipinski definition) is 4. The van der Waals surface area contributed by atoms with Gasteiger partial charge in [-0.15, -0.1) is 0 Å². The molecule has 0 saturated carbocycles. The van der Waals surface area contributed by atoms with Crippen LogP contribution in [0.5, 0.6) is 0 Å². The zero-order valence-electron chi connectivity index (χ0n) is 11.1. The van der Waals surface area contributed by atoms with Crippen molar-refractivity contribution in [3.63, 3.8) is 0 Å². The first kappa shape index (κ1) is 14.9. The van der Waals surface area contributed by atoms with Gasteiger partial charge in [0.05, 0.1) is 5.75 Å². The van der Waals surface area contributed by atoms with Crippen LogP contribution >= 0.6 is 0 Å². The minimum absolute atomic E-state index is 0.179. The topological polar surface area (TPSA) is 52.7 Å². The number of hydrogen-bond donors (Lipinski definition) is 1. The molecular weight excluding hydrogens is 238 g/mol. The molecule has 17 heavy (non-hydrogen) atoms. The average molecular weight is 263 g/mol. The van der Waals surface area contributed by atoms with Gasteiger partial charge in [0.2, 0.25) is 10.0 Å². The van der Waals surface area contributed by atoms with E-state index >= 15 is 0 Å². The molecule has 0 aromatic rings. The highest BCUT2D eigenvalue weighted by Gasteiger charge is 2.28. The van der Waals surface area contributed by atoms with Gasteiger partial charge in [-0.2, -0.15) is 0 Å². The molecule has 1 rings (SSSR count). The normalized spacial score (nSPS) is 20.0. The molecule has 1 aliphatic rings. The highest BCUT2D eigenvalue weighted by Crippen LogP contribution is 2.17. The van der Waals surface area contributed by atoms with Crippen molar-refractivity contribution >= 4 is 10.0 Å². The van der Waals surface area contributed by atoms with Crippen molar-refractivity contribution in [2.24, 2.45) is 0 Å². The predicted molar refractivity (Wildman–Crippen MR) is 70.6 cm³/mol. The van der Waals surface area contributed by atoms with Crippen molar-refractivity contribution < 1.29 is 8.42 Å². The Morgan fingerprint density at radius 2 is 1.94 bits per heavy atom. The molecule has 0 amide bonds. The molecule has 0 aromatic heterocycles. The molecule has 0 radical (unpaired) electrons. The zero-order valence-corrected chi connectivity index (χ0v) is 12.0. The third-order valence-corrected chi connectivity index (χ3v) is 5.32. The second-order valence-corrected chi connectivity index (χ2v) is 6.87. The summed E-state index contributed by atoms with van der Waals surface area (Å²) in [5.74, 6) is 0.198. The quantitative estimate of drug-likeness (QED) is 0.683. The Hall–Kier alpha value is -0.170. The molecule has 102 valence electrons. The van der Waals surface area contributed by atoms with Crippen LogP contribution in [0, 0.1) is 0 Å². The zero-order chi connectivity index (χ0) is 12.9. The summed E-state index contributed by atoms with van der Waals surface area (Å²) in [6, 6.07) is 0.179. The number of sulfonamides is 1. The molecule has 1 aliphatic heterocycles. The molecule has 6 heteroatoms. The lowest BCUT2D eigenvalue weighted by molar-refractivity contribution is 0.197. The van der Waals surface area contributed by atoms with Gasteiger partial charge >= 0.3 is 0 Å². The first-order valence-corrected chi connectivity index (χ1v) is 7.93. The van der Waals surface area contributed by atoms with Crippen molar-refractivity contribution in [2.45, 2.75) is 25.8 Å². The lowest BCUT2D eigenvalue weighted by Gasteiger charge is -2.34. The molecule has 0 aromatic carbocycles. The van der Waals surface area contributed by atoms with Gasteiger partial charge in [0.15, 0.2) is 0 Å². The molecule has 1 heterocycles. The maximum atomic E-state index is 12.1. The second kappa shape index (κ2) is 6.68. The minimum atomic E-state index is -3.10. The molecule has 0 atom stereocenters. The van der Waals surface area contributed by atoms with Gasteiger partial charge < -0.3 is 10.2 Å². The smallest absolute Gasteiger partial charge is 0.215 e. The van der Waals surface area contributed by atoms with Crippen LogP contribution in [0.15, 0.2) is 0 Å². The van der Waals surface area contributed by atoms with Gasteiger partial charge in [-0.05, 0) is 39.5 Å². The van der Waals surface area contributed by atoms with E-state index in [2.05, 4.69) is 17.3 Å². The van der Waals surface area contributed by atoms with Crippen LogP contribution in [-0.2, 0) is 10.0 Å². The van der Waals surface area contributed by atoms with Crippen molar-refractivity contribution in [1.82, 2.24) is 14.5 Å². The fourth-order valence-corrected chi connectivity index (χ4v) is 3.46. The lowest BCUT2D eigenvalue weighted by Crippen LogP contribution is -2.46. The molecule has 5 nitrogen and oxygen atoms in total. The minimum Gasteiger partial charge on any atom is -0.316 e. The summed E-state index contributed by atoms with van der Waals surface area (Å²) in [6.07, 6.45) is 1.88. The molecule has 0 spiro atoms. The Bertz CT molecular complexity index is 311. The Morgan fingerprint density at radius 3 is 2.47 bits per heavy atom. The van der Waals surface area contributed by atoms with E-state index in [9.17, 15) is 8.42 Å². The van der Waals surface area contributed by atoms with Gasteiger partial charge in [-0.3, -0.25) is 0 Å². The Labute approximate surface area is 105 Å². The van der Waals surface area contributed by atoms with E-state index in [0.717, 1.165) is 32.5 Å². The standard InChI is InChI=1S/C11H25N3O2S/c1-4-12-7-10-17(15,16)14(3)11-5-8-13(2)9-6-11/h11-12H,4-10H2,1-3H3. The first-order chi connectivity index (χ1) is 7.97. The average Bonchev–Trinajstić information content (AvgIpc) is 2.29. The van der Waals surface area contributed by atoms with Crippen LogP contribution in [0.1, 0.15) is 19.8 Å². The Balaban J connectivity index is 2.47. The highest BCUT2D eigenvalue weighted by atomic mass is 32.2. The van der Waals surface area contributed by atoms with Gasteiger partial charge in [0.25, 0.3) is 0 Å². The van der Waals surface area contributed by atoms with E-state index in [1.165, 1.54) is 0 Å². The van der Waals surface area contributed by atoms with Crippen LogP contribution in [0.4, 0.5) is 0 Å². The molecule has 0 aliphatic carbocycles. The summed E-state index contributed by atoms with van der Waals surface area (Å²) in [7, 11) is 0.701. The van der Waals surface area contributed by atoms with Crippen LogP contribution in [-0.4, -0.2) is 69.7 Å². The third-order valence-electron chi connectivity index (χ3n) is 3.43. The maximum Gasteiger partial charge on any atom is 0.215 e. The van der Waals surface area contributed by atoms with Crippen LogP contribution < -0.4 is 5.32 Å². The van der Waals surface area contributed by atoms with Gasteiger partial charge in [0.1, 0.15) is 0 Å². The number of rotatable bonds is 6. The highest BCUT2D eigenvalue weighted by molar-refractivity contribution is 7.89. The van der Waals surface area contributed by atoms with Crippen LogP contribution in [0.2, 0.25) is 0 Å². The number of piperidine rings is 1. The van der Waals surface area contributed by atoms with E-state index in [0.29, 0.717) is 6.54 Å². The number of nitrogens with zero attached hydrogens (tertiary/aromatic N) is 2. The Kier molecular flexibility index (Phi) is 5.85. The van der Waals surface area contributed by atoms with E-state index in [1.807, 2.05) is 6.92 Å². The second-order valence-electron chi connectivity index (χ2n) is 4.72.